The lowest BCUT2D eigenvalue weighted by atomic mass is 10.2. The molecule has 23 heavy (non-hydrogen) atoms. The summed E-state index contributed by atoms with van der Waals surface area (Å²) in [7, 11) is 1.53. The average molecular weight is 333 g/mol. The van der Waals surface area contributed by atoms with E-state index in [1.54, 1.807) is 42.7 Å². The highest BCUT2D eigenvalue weighted by Gasteiger charge is 2.10. The normalized spacial score (nSPS) is 10.6. The lowest BCUT2D eigenvalue weighted by molar-refractivity contribution is -0.111. The van der Waals surface area contributed by atoms with Gasteiger partial charge < -0.3 is 14.8 Å². The number of carbonyl (C=O) groups excluding carboxylic acids is 1. The van der Waals surface area contributed by atoms with Crippen LogP contribution in [0.3, 0.4) is 0 Å². The van der Waals surface area contributed by atoms with Crippen molar-refractivity contribution >= 4 is 29.3 Å². The number of carbonyl (C=O) groups is 1. The maximum atomic E-state index is 11.9. The van der Waals surface area contributed by atoms with E-state index in [4.69, 9.17) is 21.1 Å². The molecule has 0 unspecified atom stereocenters. The fourth-order valence-electron chi connectivity index (χ4n) is 1.94. The van der Waals surface area contributed by atoms with Crippen LogP contribution in [0.2, 0.25) is 5.02 Å². The van der Waals surface area contributed by atoms with E-state index < -0.39 is 0 Å². The molecule has 0 saturated carbocycles. The van der Waals surface area contributed by atoms with Crippen LogP contribution in [-0.2, 0) is 4.79 Å². The second kappa shape index (κ2) is 8.19. The van der Waals surface area contributed by atoms with Crippen LogP contribution in [0.4, 0.5) is 5.69 Å². The smallest absolute Gasteiger partial charge is 0.248 e. The summed E-state index contributed by atoms with van der Waals surface area (Å²) in [5.41, 5.74) is 1.42. The quantitative estimate of drug-likeness (QED) is 0.817. The number of halogens is 1. The van der Waals surface area contributed by atoms with Crippen LogP contribution in [0, 0.1) is 0 Å². The van der Waals surface area contributed by atoms with E-state index >= 15 is 0 Å². The second-order valence-electron chi connectivity index (χ2n) is 4.53. The van der Waals surface area contributed by atoms with Crippen molar-refractivity contribution in [3.63, 3.8) is 0 Å². The highest BCUT2D eigenvalue weighted by Crippen LogP contribution is 2.36. The van der Waals surface area contributed by atoms with Crippen molar-refractivity contribution in [1.29, 1.82) is 0 Å². The lowest BCUT2D eigenvalue weighted by Gasteiger charge is -2.11. The van der Waals surface area contributed by atoms with Crippen molar-refractivity contribution in [1.82, 2.24) is 4.98 Å². The van der Waals surface area contributed by atoms with Gasteiger partial charge in [-0.2, -0.15) is 0 Å². The molecule has 1 amide bonds. The first-order valence-electron chi connectivity index (χ1n) is 7.03. The lowest BCUT2D eigenvalue weighted by Crippen LogP contribution is -2.07. The number of hydrogen-bond donors (Lipinski definition) is 1. The van der Waals surface area contributed by atoms with Gasteiger partial charge in [0.15, 0.2) is 11.5 Å². The van der Waals surface area contributed by atoms with Crippen LogP contribution in [0.1, 0.15) is 12.5 Å². The number of nitrogens with one attached hydrogen (secondary N) is 1. The Morgan fingerprint density at radius 2 is 2.09 bits per heavy atom. The molecule has 0 saturated heterocycles. The molecule has 0 aliphatic rings. The van der Waals surface area contributed by atoms with Gasteiger partial charge in [0, 0.05) is 24.2 Å². The van der Waals surface area contributed by atoms with Gasteiger partial charge in [0.2, 0.25) is 5.91 Å². The molecule has 2 rings (SSSR count). The fraction of sp³-hybridized carbons (Fsp3) is 0.176. The summed E-state index contributed by atoms with van der Waals surface area (Å²) in [4.78, 5) is 15.8. The molecule has 0 bridgehead atoms. The van der Waals surface area contributed by atoms with E-state index in [1.807, 2.05) is 6.92 Å². The molecule has 1 N–H and O–H groups in total. The molecule has 0 aliphatic heterocycles. The minimum absolute atomic E-state index is 0.249. The number of ether oxygens (including phenoxy) is 2. The molecule has 1 aromatic carbocycles. The Morgan fingerprint density at radius 1 is 1.35 bits per heavy atom. The molecule has 0 radical (unpaired) electrons. The van der Waals surface area contributed by atoms with E-state index in [0.717, 1.165) is 5.56 Å². The number of nitrogens with zero attached hydrogens (tertiary/aromatic N) is 1. The second-order valence-corrected chi connectivity index (χ2v) is 4.93. The molecule has 6 heteroatoms. The zero-order valence-electron chi connectivity index (χ0n) is 12.9. The summed E-state index contributed by atoms with van der Waals surface area (Å²) in [6.07, 6.45) is 6.30. The number of pyridine rings is 1. The summed E-state index contributed by atoms with van der Waals surface area (Å²) in [5.74, 6) is 0.768. The van der Waals surface area contributed by atoms with Gasteiger partial charge in [0.1, 0.15) is 0 Å². The monoisotopic (exact) mass is 332 g/mol. The van der Waals surface area contributed by atoms with Gasteiger partial charge in [-0.1, -0.05) is 11.6 Å². The third-order valence-electron chi connectivity index (χ3n) is 2.91. The van der Waals surface area contributed by atoms with Gasteiger partial charge in [-0.15, -0.1) is 0 Å². The molecule has 5 nitrogen and oxygen atoms in total. The van der Waals surface area contributed by atoms with Gasteiger partial charge >= 0.3 is 0 Å². The number of amides is 1. The van der Waals surface area contributed by atoms with Gasteiger partial charge in [-0.05, 0) is 42.8 Å². The summed E-state index contributed by atoms with van der Waals surface area (Å²) < 4.78 is 10.7. The molecule has 1 heterocycles. The summed E-state index contributed by atoms with van der Waals surface area (Å²) >= 11 is 6.17. The third-order valence-corrected chi connectivity index (χ3v) is 3.19. The Bertz CT molecular complexity index is 702. The molecule has 0 atom stereocenters. The largest absolute Gasteiger partial charge is 0.491 e. The third kappa shape index (κ3) is 4.72. The minimum atomic E-state index is -0.249. The van der Waals surface area contributed by atoms with Crippen LogP contribution in [0.5, 0.6) is 11.5 Å². The number of methoxy groups -OCH3 is 1. The summed E-state index contributed by atoms with van der Waals surface area (Å²) in [5, 5.41) is 3.16. The molecule has 2 aromatic rings. The van der Waals surface area contributed by atoms with Crippen molar-refractivity contribution in [2.45, 2.75) is 6.92 Å². The van der Waals surface area contributed by atoms with Gasteiger partial charge in [-0.25, -0.2) is 0 Å². The van der Waals surface area contributed by atoms with E-state index in [0.29, 0.717) is 28.8 Å². The zero-order chi connectivity index (χ0) is 16.7. The Hall–Kier alpha value is -2.53. The Kier molecular flexibility index (Phi) is 6.00. The number of benzene rings is 1. The highest BCUT2D eigenvalue weighted by atomic mass is 35.5. The van der Waals surface area contributed by atoms with E-state index in [2.05, 4.69) is 10.3 Å². The first-order chi connectivity index (χ1) is 11.1. The zero-order valence-corrected chi connectivity index (χ0v) is 13.6. The Morgan fingerprint density at radius 3 is 2.74 bits per heavy atom. The maximum Gasteiger partial charge on any atom is 0.248 e. The molecular weight excluding hydrogens is 316 g/mol. The molecule has 0 aliphatic carbocycles. The fourth-order valence-corrected chi connectivity index (χ4v) is 2.23. The van der Waals surface area contributed by atoms with Gasteiger partial charge in [-0.3, -0.25) is 9.78 Å². The minimum Gasteiger partial charge on any atom is -0.491 e. The predicted octanol–water partition coefficient (Wildman–Crippen LogP) is 3.79. The van der Waals surface area contributed by atoms with Crippen LogP contribution >= 0.6 is 11.6 Å². The molecule has 0 spiro atoms. The van der Waals surface area contributed by atoms with Crippen molar-refractivity contribution in [2.24, 2.45) is 0 Å². The Balaban J connectivity index is 2.14. The van der Waals surface area contributed by atoms with Crippen molar-refractivity contribution in [3.05, 3.63) is 53.3 Å². The standard InChI is InChI=1S/C17H17ClN2O3/c1-3-23-15-11-12(10-14(18)17(15)22-2)4-5-16(21)20-13-6-8-19-9-7-13/h4-11H,3H2,1-2H3,(H,19,20,21)/b5-4+. The topological polar surface area (TPSA) is 60.5 Å². The molecule has 0 fully saturated rings. The van der Waals surface area contributed by atoms with Crippen LogP contribution < -0.4 is 14.8 Å². The van der Waals surface area contributed by atoms with Gasteiger partial charge in [0.05, 0.1) is 18.7 Å². The first-order valence-corrected chi connectivity index (χ1v) is 7.41. The SMILES string of the molecule is CCOc1cc(/C=C/C(=O)Nc2ccncc2)cc(Cl)c1OC. The number of hydrogen-bond acceptors (Lipinski definition) is 4. The van der Waals surface area contributed by atoms with Crippen LogP contribution in [0.25, 0.3) is 6.08 Å². The van der Waals surface area contributed by atoms with Crippen molar-refractivity contribution in [3.8, 4) is 11.5 Å². The maximum absolute atomic E-state index is 11.9. The number of rotatable bonds is 6. The number of anilines is 1. The molecular formula is C17H17ClN2O3. The van der Waals surface area contributed by atoms with Crippen LogP contribution in [0.15, 0.2) is 42.7 Å². The van der Waals surface area contributed by atoms with Crippen molar-refractivity contribution < 1.29 is 14.3 Å². The van der Waals surface area contributed by atoms with E-state index in [-0.39, 0.29) is 5.91 Å². The first kappa shape index (κ1) is 16.8. The number of aromatic nitrogens is 1. The van der Waals surface area contributed by atoms with Gasteiger partial charge in [0.25, 0.3) is 0 Å². The van der Waals surface area contributed by atoms with Crippen molar-refractivity contribution in [2.75, 3.05) is 19.0 Å². The molecule has 120 valence electrons. The predicted molar refractivity (Wildman–Crippen MR) is 91.1 cm³/mol. The highest BCUT2D eigenvalue weighted by molar-refractivity contribution is 6.32. The van der Waals surface area contributed by atoms with E-state index in [1.165, 1.54) is 13.2 Å². The van der Waals surface area contributed by atoms with Crippen LogP contribution in [-0.4, -0.2) is 24.6 Å². The summed E-state index contributed by atoms with van der Waals surface area (Å²) in [6, 6.07) is 6.90. The average Bonchev–Trinajstić information content (AvgIpc) is 2.54. The summed E-state index contributed by atoms with van der Waals surface area (Å²) in [6.45, 7) is 2.36. The van der Waals surface area contributed by atoms with E-state index in [9.17, 15) is 4.79 Å². The Labute approximate surface area is 139 Å². The molecule has 1 aromatic heterocycles.